The molecule has 0 saturated heterocycles. The summed E-state index contributed by atoms with van der Waals surface area (Å²) in [6, 6.07) is 0.726. The van der Waals surface area contributed by atoms with E-state index in [4.69, 9.17) is 0 Å². The molecule has 0 radical (unpaired) electrons. The molecular weight excluding hydrogens is 342 g/mol. The van der Waals surface area contributed by atoms with Crippen LogP contribution in [-0.2, 0) is 0 Å². The van der Waals surface area contributed by atoms with Gasteiger partial charge in [0.25, 0.3) is 0 Å². The van der Waals surface area contributed by atoms with Gasteiger partial charge in [0.1, 0.15) is 0 Å². The molecule has 1 N–H and O–H groups in total. The highest BCUT2D eigenvalue weighted by Crippen LogP contribution is 2.34. The molecule has 5 heteroatoms. The van der Waals surface area contributed by atoms with E-state index in [1.807, 2.05) is 5.38 Å². The van der Waals surface area contributed by atoms with E-state index >= 15 is 0 Å². The van der Waals surface area contributed by atoms with Crippen LogP contribution in [0.25, 0.3) is 0 Å². The van der Waals surface area contributed by atoms with Crippen LogP contribution in [0.5, 0.6) is 0 Å². The Labute approximate surface area is 163 Å². The van der Waals surface area contributed by atoms with Crippen LogP contribution in [0.1, 0.15) is 79.6 Å². The normalized spacial score (nSPS) is 21.8. The summed E-state index contributed by atoms with van der Waals surface area (Å²) in [4.78, 5) is 19.6. The van der Waals surface area contributed by atoms with Gasteiger partial charge in [-0.1, -0.05) is 34.6 Å². The van der Waals surface area contributed by atoms with Crippen molar-refractivity contribution in [3.05, 3.63) is 11.6 Å². The lowest BCUT2D eigenvalue weighted by molar-refractivity contribution is 0.104. The Morgan fingerprint density at radius 3 is 2.42 bits per heavy atom. The maximum absolute atomic E-state index is 13.2. The first-order valence-electron chi connectivity index (χ1n) is 10.4. The summed E-state index contributed by atoms with van der Waals surface area (Å²) in [7, 11) is 0. The number of carbonyl (C=O) groups is 1. The monoisotopic (exact) mass is 379 g/mol. The molecule has 0 spiro atoms. The van der Waals surface area contributed by atoms with E-state index in [1.54, 1.807) is 6.20 Å². The summed E-state index contributed by atoms with van der Waals surface area (Å²) < 4.78 is 0. The molecule has 0 aromatic carbocycles. The predicted octanol–water partition coefficient (Wildman–Crippen LogP) is 6.41. The number of nitrogens with one attached hydrogen (secondary N) is 1. The number of aromatic nitrogens is 1. The van der Waals surface area contributed by atoms with Crippen LogP contribution < -0.4 is 5.32 Å². The number of hydrogen-bond acceptors (Lipinski definition) is 3. The van der Waals surface area contributed by atoms with E-state index in [0.717, 1.165) is 37.5 Å². The maximum atomic E-state index is 13.2. The van der Waals surface area contributed by atoms with Crippen LogP contribution in [0.3, 0.4) is 0 Å². The maximum Gasteiger partial charge on any atom is 0.324 e. The fraction of sp³-hybridized carbons (Fsp3) is 0.810. The summed E-state index contributed by atoms with van der Waals surface area (Å²) in [5.74, 6) is 2.23. The van der Waals surface area contributed by atoms with Gasteiger partial charge < -0.3 is 4.90 Å². The van der Waals surface area contributed by atoms with Gasteiger partial charge in [0.15, 0.2) is 5.13 Å². The van der Waals surface area contributed by atoms with E-state index in [2.05, 4.69) is 49.8 Å². The van der Waals surface area contributed by atoms with Crippen molar-refractivity contribution >= 4 is 22.5 Å². The molecule has 1 aliphatic carbocycles. The molecule has 26 heavy (non-hydrogen) atoms. The minimum Gasteiger partial charge on any atom is -0.319 e. The average molecular weight is 380 g/mol. The zero-order valence-electron chi connectivity index (χ0n) is 17.2. The number of anilines is 1. The van der Waals surface area contributed by atoms with Crippen LogP contribution in [-0.4, -0.2) is 28.0 Å². The van der Waals surface area contributed by atoms with Crippen molar-refractivity contribution in [3.8, 4) is 0 Å². The molecule has 4 nitrogen and oxygen atoms in total. The molecule has 2 amide bonds. The highest BCUT2D eigenvalue weighted by atomic mass is 32.1. The van der Waals surface area contributed by atoms with E-state index in [-0.39, 0.29) is 6.03 Å². The number of hydrogen-bond donors (Lipinski definition) is 1. The van der Waals surface area contributed by atoms with Gasteiger partial charge in [-0.25, -0.2) is 9.78 Å². The van der Waals surface area contributed by atoms with E-state index in [0.29, 0.717) is 23.1 Å². The standard InChI is InChI=1S/C21H37N3OS/c1-6-18(10-7-15(2)3)24(21(25)23-20-22-13-14-26-20)19-11-8-17(9-12-19)16(4)5/h13-19H,6-12H2,1-5H3,(H,22,23,25). The average Bonchev–Trinajstić information content (AvgIpc) is 3.11. The topological polar surface area (TPSA) is 45.2 Å². The van der Waals surface area contributed by atoms with Gasteiger partial charge in [-0.2, -0.15) is 0 Å². The third-order valence-electron chi connectivity index (χ3n) is 5.90. The number of nitrogens with zero attached hydrogens (tertiary/aromatic N) is 2. The van der Waals surface area contributed by atoms with Crippen molar-refractivity contribution in [1.82, 2.24) is 9.88 Å². The highest BCUT2D eigenvalue weighted by molar-refractivity contribution is 7.13. The summed E-state index contributed by atoms with van der Waals surface area (Å²) in [5.41, 5.74) is 0. The zero-order chi connectivity index (χ0) is 19.1. The summed E-state index contributed by atoms with van der Waals surface area (Å²) >= 11 is 1.49. The fourth-order valence-corrected chi connectivity index (χ4v) is 4.70. The predicted molar refractivity (Wildman–Crippen MR) is 112 cm³/mol. The second-order valence-electron chi connectivity index (χ2n) is 8.52. The minimum atomic E-state index is 0.0450. The Hall–Kier alpha value is -1.10. The highest BCUT2D eigenvalue weighted by Gasteiger charge is 2.33. The van der Waals surface area contributed by atoms with Crippen LogP contribution in [0.2, 0.25) is 0 Å². The molecule has 1 aromatic rings. The first kappa shape index (κ1) is 21.2. The number of amides is 2. The molecule has 1 fully saturated rings. The molecule has 2 rings (SSSR count). The number of carbonyl (C=O) groups excluding carboxylic acids is 1. The fourth-order valence-electron chi connectivity index (χ4n) is 4.18. The van der Waals surface area contributed by atoms with Crippen molar-refractivity contribution in [1.29, 1.82) is 0 Å². The second-order valence-corrected chi connectivity index (χ2v) is 9.42. The molecule has 1 aromatic heterocycles. The first-order chi connectivity index (χ1) is 12.4. The lowest BCUT2D eigenvalue weighted by Crippen LogP contribution is -2.50. The second kappa shape index (κ2) is 10.3. The van der Waals surface area contributed by atoms with E-state index in [9.17, 15) is 4.79 Å². The third-order valence-corrected chi connectivity index (χ3v) is 6.59. The summed E-state index contributed by atoms with van der Waals surface area (Å²) in [6.07, 6.45) is 9.76. The summed E-state index contributed by atoms with van der Waals surface area (Å²) in [5, 5.41) is 5.66. The molecule has 1 atom stereocenters. The van der Waals surface area contributed by atoms with E-state index in [1.165, 1.54) is 30.6 Å². The SMILES string of the molecule is CCC(CCC(C)C)N(C(=O)Nc1nccs1)C1CCC(C(C)C)CC1. The number of thiazole rings is 1. The zero-order valence-corrected chi connectivity index (χ0v) is 18.0. The van der Waals surface area contributed by atoms with Crippen LogP contribution in [0, 0.1) is 17.8 Å². The van der Waals surface area contributed by atoms with Crippen molar-refractivity contribution < 1.29 is 4.79 Å². The van der Waals surface area contributed by atoms with Crippen LogP contribution in [0.15, 0.2) is 11.6 Å². The Morgan fingerprint density at radius 2 is 1.92 bits per heavy atom. The van der Waals surface area contributed by atoms with E-state index < -0.39 is 0 Å². The Balaban J connectivity index is 2.10. The largest absolute Gasteiger partial charge is 0.324 e. The van der Waals surface area contributed by atoms with Gasteiger partial charge in [0, 0.05) is 23.7 Å². The molecule has 1 unspecified atom stereocenters. The molecule has 0 aliphatic heterocycles. The van der Waals surface area contributed by atoms with Gasteiger partial charge in [0.05, 0.1) is 0 Å². The number of rotatable bonds is 8. The first-order valence-corrected chi connectivity index (χ1v) is 11.3. The van der Waals surface area contributed by atoms with Crippen molar-refractivity contribution in [2.75, 3.05) is 5.32 Å². The molecular formula is C21H37N3OS. The van der Waals surface area contributed by atoms with Crippen molar-refractivity contribution in [2.24, 2.45) is 17.8 Å². The van der Waals surface area contributed by atoms with Crippen molar-refractivity contribution in [3.63, 3.8) is 0 Å². The quantitative estimate of drug-likeness (QED) is 0.567. The lowest BCUT2D eigenvalue weighted by atomic mass is 9.79. The molecule has 1 heterocycles. The molecule has 0 bridgehead atoms. The van der Waals surface area contributed by atoms with Gasteiger partial charge in [-0.15, -0.1) is 11.3 Å². The van der Waals surface area contributed by atoms with Gasteiger partial charge >= 0.3 is 6.03 Å². The van der Waals surface area contributed by atoms with Gasteiger partial charge in [0.2, 0.25) is 0 Å². The Bertz CT molecular complexity index is 521. The molecule has 1 saturated carbocycles. The number of urea groups is 1. The minimum absolute atomic E-state index is 0.0450. The van der Waals surface area contributed by atoms with Gasteiger partial charge in [-0.05, 0) is 62.7 Å². The van der Waals surface area contributed by atoms with Crippen LogP contribution in [0.4, 0.5) is 9.93 Å². The lowest BCUT2D eigenvalue weighted by Gasteiger charge is -2.42. The molecule has 148 valence electrons. The Kier molecular flexibility index (Phi) is 8.39. The third kappa shape index (κ3) is 5.97. The Morgan fingerprint density at radius 1 is 1.23 bits per heavy atom. The molecule has 1 aliphatic rings. The summed E-state index contributed by atoms with van der Waals surface area (Å²) in [6.45, 7) is 11.4. The van der Waals surface area contributed by atoms with Crippen molar-refractivity contribution in [2.45, 2.75) is 91.6 Å². The van der Waals surface area contributed by atoms with Crippen LogP contribution >= 0.6 is 11.3 Å². The smallest absolute Gasteiger partial charge is 0.319 e. The van der Waals surface area contributed by atoms with Gasteiger partial charge in [-0.3, -0.25) is 5.32 Å².